The molecule has 8 nitrogen and oxygen atoms in total. The predicted octanol–water partition coefficient (Wildman–Crippen LogP) is 3.63. The van der Waals surface area contributed by atoms with Crippen LogP contribution in [0.1, 0.15) is 31.3 Å². The normalized spacial score (nSPS) is 14.3. The van der Waals surface area contributed by atoms with Crippen LogP contribution in [0.5, 0.6) is 0 Å². The number of rotatable bonds is 3. The first-order valence-corrected chi connectivity index (χ1v) is 10.7. The summed E-state index contributed by atoms with van der Waals surface area (Å²) >= 11 is 0. The maximum Gasteiger partial charge on any atom is 0.410 e. The lowest BCUT2D eigenvalue weighted by molar-refractivity contribution is 0.0140. The third-order valence-electron chi connectivity index (χ3n) is 5.14. The summed E-state index contributed by atoms with van der Waals surface area (Å²) < 4.78 is 7.14. The van der Waals surface area contributed by atoms with Crippen LogP contribution in [0.15, 0.2) is 60.7 Å². The van der Waals surface area contributed by atoms with Gasteiger partial charge >= 0.3 is 6.09 Å². The van der Waals surface area contributed by atoms with Crippen molar-refractivity contribution in [1.29, 1.82) is 0 Å². The zero-order valence-electron chi connectivity index (χ0n) is 18.6. The zero-order chi connectivity index (χ0) is 22.7. The van der Waals surface area contributed by atoms with Crippen molar-refractivity contribution in [2.75, 3.05) is 26.2 Å². The Morgan fingerprint density at radius 2 is 1.41 bits per heavy atom. The van der Waals surface area contributed by atoms with Gasteiger partial charge in [-0.25, -0.2) is 9.48 Å². The molecule has 2 amide bonds. The van der Waals surface area contributed by atoms with Crippen molar-refractivity contribution in [1.82, 2.24) is 24.8 Å². The van der Waals surface area contributed by atoms with Gasteiger partial charge in [0.15, 0.2) is 5.69 Å². The number of nitrogens with zero attached hydrogens (tertiary/aromatic N) is 5. The van der Waals surface area contributed by atoms with Gasteiger partial charge < -0.3 is 14.5 Å². The molecule has 166 valence electrons. The van der Waals surface area contributed by atoms with E-state index in [1.165, 1.54) is 0 Å². The van der Waals surface area contributed by atoms with Gasteiger partial charge in [0.1, 0.15) is 11.3 Å². The number of carbonyl (C=O) groups is 2. The van der Waals surface area contributed by atoms with Crippen molar-refractivity contribution < 1.29 is 14.3 Å². The molecule has 1 aliphatic heterocycles. The minimum absolute atomic E-state index is 0.199. The molecule has 0 unspecified atom stereocenters. The van der Waals surface area contributed by atoms with Crippen molar-refractivity contribution >= 4 is 12.0 Å². The molecule has 0 saturated carbocycles. The Bertz CT molecular complexity index is 1080. The number of benzene rings is 2. The number of aromatic nitrogens is 3. The third kappa shape index (κ3) is 4.64. The number of amides is 2. The standard InChI is InChI=1S/C24H27N5O3/c1-24(2,3)32-23(31)28-16-14-27(15-17-28)22(30)20-21(18-10-6-4-7-11-18)29(26-25-20)19-12-8-5-9-13-19/h4-13H,14-17H2,1-3H3. The maximum atomic E-state index is 13.4. The Morgan fingerprint density at radius 1 is 0.844 bits per heavy atom. The van der Waals surface area contributed by atoms with Gasteiger partial charge in [0, 0.05) is 31.7 Å². The van der Waals surface area contributed by atoms with Gasteiger partial charge in [0.05, 0.1) is 5.69 Å². The first kappa shape index (κ1) is 21.5. The first-order valence-electron chi connectivity index (χ1n) is 10.7. The van der Waals surface area contributed by atoms with E-state index in [9.17, 15) is 9.59 Å². The van der Waals surface area contributed by atoms with Crippen LogP contribution in [0.4, 0.5) is 4.79 Å². The molecule has 0 bridgehead atoms. The van der Waals surface area contributed by atoms with Crippen molar-refractivity contribution in [3.05, 3.63) is 66.4 Å². The van der Waals surface area contributed by atoms with Crippen LogP contribution in [-0.2, 0) is 4.74 Å². The fourth-order valence-corrected chi connectivity index (χ4v) is 3.60. The Morgan fingerprint density at radius 3 is 2.00 bits per heavy atom. The number of para-hydroxylation sites is 1. The number of ether oxygens (including phenoxy) is 1. The van der Waals surface area contributed by atoms with Gasteiger partial charge in [0.2, 0.25) is 0 Å². The second-order valence-corrected chi connectivity index (χ2v) is 8.66. The molecular formula is C24H27N5O3. The second kappa shape index (κ2) is 8.82. The van der Waals surface area contributed by atoms with E-state index in [1.54, 1.807) is 14.5 Å². The number of carbonyl (C=O) groups excluding carboxylic acids is 2. The molecule has 0 radical (unpaired) electrons. The Hall–Kier alpha value is -3.68. The minimum Gasteiger partial charge on any atom is -0.444 e. The van der Waals surface area contributed by atoms with E-state index >= 15 is 0 Å². The molecule has 3 aromatic rings. The summed E-state index contributed by atoms with van der Waals surface area (Å²) in [6, 6.07) is 19.3. The minimum atomic E-state index is -0.551. The van der Waals surface area contributed by atoms with E-state index in [1.807, 2.05) is 81.4 Å². The van der Waals surface area contributed by atoms with E-state index in [2.05, 4.69) is 10.3 Å². The predicted molar refractivity (Wildman–Crippen MR) is 121 cm³/mol. The zero-order valence-corrected chi connectivity index (χ0v) is 18.6. The monoisotopic (exact) mass is 433 g/mol. The topological polar surface area (TPSA) is 80.6 Å². The molecule has 0 spiro atoms. The van der Waals surface area contributed by atoms with E-state index in [-0.39, 0.29) is 12.0 Å². The van der Waals surface area contributed by atoms with Crippen LogP contribution in [0, 0.1) is 0 Å². The van der Waals surface area contributed by atoms with E-state index in [0.29, 0.717) is 37.6 Å². The second-order valence-electron chi connectivity index (χ2n) is 8.66. The SMILES string of the molecule is CC(C)(C)OC(=O)N1CCN(C(=O)c2nnn(-c3ccccc3)c2-c2ccccc2)CC1. The molecule has 0 aliphatic carbocycles. The van der Waals surface area contributed by atoms with Crippen LogP contribution >= 0.6 is 0 Å². The van der Waals surface area contributed by atoms with Crippen molar-refractivity contribution in [2.45, 2.75) is 26.4 Å². The number of hydrogen-bond donors (Lipinski definition) is 0. The summed E-state index contributed by atoms with van der Waals surface area (Å²) in [5.41, 5.74) is 2.08. The van der Waals surface area contributed by atoms with E-state index in [4.69, 9.17) is 4.74 Å². The van der Waals surface area contributed by atoms with Gasteiger partial charge in [-0.15, -0.1) is 5.10 Å². The van der Waals surface area contributed by atoms with Crippen LogP contribution in [0.25, 0.3) is 16.9 Å². The summed E-state index contributed by atoms with van der Waals surface area (Å²) in [6.07, 6.45) is -0.357. The van der Waals surface area contributed by atoms with Crippen molar-refractivity contribution in [3.63, 3.8) is 0 Å². The number of hydrogen-bond acceptors (Lipinski definition) is 5. The molecule has 2 heterocycles. The van der Waals surface area contributed by atoms with Gasteiger partial charge in [-0.1, -0.05) is 53.7 Å². The highest BCUT2D eigenvalue weighted by Crippen LogP contribution is 2.26. The summed E-state index contributed by atoms with van der Waals surface area (Å²) in [5, 5.41) is 8.56. The third-order valence-corrected chi connectivity index (χ3v) is 5.14. The Labute approximate surface area is 187 Å². The molecule has 0 N–H and O–H groups in total. The fraction of sp³-hybridized carbons (Fsp3) is 0.333. The van der Waals surface area contributed by atoms with Gasteiger partial charge in [0.25, 0.3) is 5.91 Å². The smallest absolute Gasteiger partial charge is 0.410 e. The average molecular weight is 434 g/mol. The lowest BCUT2D eigenvalue weighted by Gasteiger charge is -2.35. The van der Waals surface area contributed by atoms with Gasteiger partial charge in [-0.2, -0.15) is 0 Å². The summed E-state index contributed by atoms with van der Waals surface area (Å²) in [6.45, 7) is 7.15. The molecule has 1 aliphatic rings. The van der Waals surface area contributed by atoms with E-state index in [0.717, 1.165) is 11.3 Å². The fourth-order valence-electron chi connectivity index (χ4n) is 3.60. The van der Waals surface area contributed by atoms with Crippen molar-refractivity contribution in [3.8, 4) is 16.9 Å². The highest BCUT2D eigenvalue weighted by molar-refractivity contribution is 5.98. The molecule has 0 atom stereocenters. The average Bonchev–Trinajstić information content (AvgIpc) is 3.24. The molecule has 2 aromatic carbocycles. The van der Waals surface area contributed by atoms with Gasteiger partial charge in [-0.05, 0) is 32.9 Å². The van der Waals surface area contributed by atoms with E-state index < -0.39 is 5.60 Å². The molecule has 1 saturated heterocycles. The lowest BCUT2D eigenvalue weighted by Crippen LogP contribution is -2.51. The molecule has 32 heavy (non-hydrogen) atoms. The summed E-state index contributed by atoms with van der Waals surface area (Å²) in [7, 11) is 0. The van der Waals surface area contributed by atoms with Crippen LogP contribution < -0.4 is 0 Å². The molecule has 1 aromatic heterocycles. The highest BCUT2D eigenvalue weighted by atomic mass is 16.6. The molecule has 1 fully saturated rings. The van der Waals surface area contributed by atoms with Crippen LogP contribution in [0.2, 0.25) is 0 Å². The first-order chi connectivity index (χ1) is 15.3. The van der Waals surface area contributed by atoms with Gasteiger partial charge in [-0.3, -0.25) is 4.79 Å². The van der Waals surface area contributed by atoms with Crippen LogP contribution in [0.3, 0.4) is 0 Å². The Kier molecular flexibility index (Phi) is 5.94. The van der Waals surface area contributed by atoms with Crippen LogP contribution in [-0.4, -0.2) is 68.6 Å². The Balaban J connectivity index is 1.57. The summed E-state index contributed by atoms with van der Waals surface area (Å²) in [4.78, 5) is 29.1. The molecule has 4 rings (SSSR count). The highest BCUT2D eigenvalue weighted by Gasteiger charge is 2.31. The molecular weight excluding hydrogens is 406 g/mol. The maximum absolute atomic E-state index is 13.4. The lowest BCUT2D eigenvalue weighted by atomic mass is 10.1. The largest absolute Gasteiger partial charge is 0.444 e. The quantitative estimate of drug-likeness (QED) is 0.630. The molecule has 8 heteroatoms. The summed E-state index contributed by atoms with van der Waals surface area (Å²) in [5.74, 6) is -0.199. The number of piperazine rings is 1. The van der Waals surface area contributed by atoms with Crippen molar-refractivity contribution in [2.24, 2.45) is 0 Å².